The number of rotatable bonds is 4. The molecule has 0 radical (unpaired) electrons. The lowest BCUT2D eigenvalue weighted by Crippen LogP contribution is -2.14. The lowest BCUT2D eigenvalue weighted by atomic mass is 10.3. The van der Waals surface area contributed by atoms with E-state index in [1.54, 1.807) is 0 Å². The third-order valence-corrected chi connectivity index (χ3v) is 4.99. The Kier molecular flexibility index (Phi) is 5.20. The van der Waals surface area contributed by atoms with Crippen LogP contribution in [0.25, 0.3) is 0 Å². The summed E-state index contributed by atoms with van der Waals surface area (Å²) < 4.78 is 2.44. The van der Waals surface area contributed by atoms with Crippen molar-refractivity contribution in [2.24, 2.45) is 0 Å². The average molecular weight is 424 g/mol. The highest BCUT2D eigenvalue weighted by Crippen LogP contribution is 2.27. The number of anilines is 2. The molecule has 0 atom stereocenters. The van der Waals surface area contributed by atoms with Gasteiger partial charge in [0, 0.05) is 8.95 Å². The maximum absolute atomic E-state index is 11.8. The van der Waals surface area contributed by atoms with Crippen LogP contribution in [0.3, 0.4) is 0 Å². The van der Waals surface area contributed by atoms with E-state index >= 15 is 0 Å². The van der Waals surface area contributed by atoms with Crippen molar-refractivity contribution in [1.82, 2.24) is 10.2 Å². The Bertz CT molecular complexity index is 605. The van der Waals surface area contributed by atoms with E-state index in [1.807, 2.05) is 18.2 Å². The monoisotopic (exact) mass is 422 g/mol. The van der Waals surface area contributed by atoms with Crippen LogP contribution in [0, 0.1) is 0 Å². The molecule has 0 bridgehead atoms. The molecule has 3 N–H and O–H groups in total. The molecule has 0 saturated heterocycles. The van der Waals surface area contributed by atoms with Crippen LogP contribution >= 0.6 is 55.0 Å². The molecule has 2 aromatic rings. The minimum absolute atomic E-state index is 0.109. The summed E-state index contributed by atoms with van der Waals surface area (Å²) in [5.74, 6) is 0.152. The molecule has 0 fully saturated rings. The Labute approximate surface area is 134 Å². The SMILES string of the molecule is Nc1nnc(SCC(=O)Nc2ccc(Br)cc2Br)s1. The second-order valence-corrected chi connectivity index (χ2v) is 7.37. The lowest BCUT2D eigenvalue weighted by Gasteiger charge is -2.06. The van der Waals surface area contributed by atoms with Crippen LogP contribution in [-0.4, -0.2) is 21.9 Å². The number of carbonyl (C=O) groups excluding carboxylic acids is 1. The van der Waals surface area contributed by atoms with Crippen LogP contribution in [0.5, 0.6) is 0 Å². The number of nitrogens with one attached hydrogen (secondary N) is 1. The van der Waals surface area contributed by atoms with Gasteiger partial charge in [0.2, 0.25) is 11.0 Å². The zero-order valence-corrected chi connectivity index (χ0v) is 14.2. The maximum atomic E-state index is 11.8. The average Bonchev–Trinajstić information content (AvgIpc) is 2.76. The smallest absolute Gasteiger partial charge is 0.234 e. The number of hydrogen-bond acceptors (Lipinski definition) is 6. The van der Waals surface area contributed by atoms with Gasteiger partial charge in [0.25, 0.3) is 0 Å². The van der Waals surface area contributed by atoms with Crippen LogP contribution in [0.1, 0.15) is 0 Å². The van der Waals surface area contributed by atoms with E-state index in [4.69, 9.17) is 5.73 Å². The predicted octanol–water partition coefficient (Wildman–Crippen LogP) is 3.38. The zero-order valence-electron chi connectivity index (χ0n) is 9.39. The normalized spacial score (nSPS) is 10.4. The second kappa shape index (κ2) is 6.69. The van der Waals surface area contributed by atoms with Crippen molar-refractivity contribution >= 4 is 71.7 Å². The maximum Gasteiger partial charge on any atom is 0.234 e. The number of nitrogens with zero attached hydrogens (tertiary/aromatic N) is 2. The third-order valence-electron chi connectivity index (χ3n) is 1.95. The topological polar surface area (TPSA) is 80.9 Å². The Morgan fingerprint density at radius 1 is 1.42 bits per heavy atom. The van der Waals surface area contributed by atoms with Crippen LogP contribution in [0.2, 0.25) is 0 Å². The Balaban J connectivity index is 1.90. The third kappa shape index (κ3) is 4.44. The summed E-state index contributed by atoms with van der Waals surface area (Å²) >= 11 is 9.31. The molecule has 2 rings (SSSR count). The molecule has 1 aromatic carbocycles. The molecular formula is C10H8Br2N4OS2. The van der Waals surface area contributed by atoms with Crippen molar-refractivity contribution in [3.63, 3.8) is 0 Å². The van der Waals surface area contributed by atoms with Crippen molar-refractivity contribution < 1.29 is 4.79 Å². The first-order chi connectivity index (χ1) is 9.04. The number of nitrogen functional groups attached to an aromatic ring is 1. The molecule has 9 heteroatoms. The Morgan fingerprint density at radius 3 is 2.84 bits per heavy atom. The molecule has 0 spiro atoms. The van der Waals surface area contributed by atoms with Crippen molar-refractivity contribution in [3.8, 4) is 0 Å². The lowest BCUT2D eigenvalue weighted by molar-refractivity contribution is -0.113. The largest absolute Gasteiger partial charge is 0.374 e. The van der Waals surface area contributed by atoms with Crippen LogP contribution in [0.15, 0.2) is 31.5 Å². The number of nitrogens with two attached hydrogens (primary N) is 1. The first-order valence-electron chi connectivity index (χ1n) is 5.01. The summed E-state index contributed by atoms with van der Waals surface area (Å²) in [5.41, 5.74) is 6.19. The molecule has 0 aliphatic heterocycles. The van der Waals surface area contributed by atoms with Gasteiger partial charge < -0.3 is 11.1 Å². The molecule has 0 aliphatic carbocycles. The van der Waals surface area contributed by atoms with E-state index in [1.165, 1.54) is 23.1 Å². The second-order valence-electron chi connectivity index (χ2n) is 3.37. The first-order valence-corrected chi connectivity index (χ1v) is 8.40. The molecule has 100 valence electrons. The summed E-state index contributed by atoms with van der Waals surface area (Å²) in [6.45, 7) is 0. The van der Waals surface area contributed by atoms with Gasteiger partial charge in [-0.3, -0.25) is 4.79 Å². The highest BCUT2D eigenvalue weighted by molar-refractivity contribution is 9.11. The number of carbonyl (C=O) groups is 1. The molecular weight excluding hydrogens is 416 g/mol. The Morgan fingerprint density at radius 2 is 2.21 bits per heavy atom. The molecule has 5 nitrogen and oxygen atoms in total. The number of hydrogen-bond donors (Lipinski definition) is 2. The highest BCUT2D eigenvalue weighted by Gasteiger charge is 2.09. The standard InChI is InChI=1S/C10H8Br2N4OS2/c11-5-1-2-7(6(12)3-5)14-8(17)4-18-10-16-15-9(13)19-10/h1-3H,4H2,(H2,13,15)(H,14,17). The zero-order chi connectivity index (χ0) is 13.8. The molecule has 0 saturated carbocycles. The molecule has 1 amide bonds. The Hall–Kier alpha value is -0.640. The number of thioether (sulfide) groups is 1. The minimum Gasteiger partial charge on any atom is -0.374 e. The number of amides is 1. The predicted molar refractivity (Wildman–Crippen MR) is 85.5 cm³/mol. The van der Waals surface area contributed by atoms with Crippen molar-refractivity contribution in [1.29, 1.82) is 0 Å². The van der Waals surface area contributed by atoms with E-state index in [9.17, 15) is 4.79 Å². The number of halogens is 2. The van der Waals surface area contributed by atoms with Crippen LogP contribution in [0.4, 0.5) is 10.8 Å². The van der Waals surface area contributed by atoms with Crippen LogP contribution in [-0.2, 0) is 4.79 Å². The van der Waals surface area contributed by atoms with Crippen molar-refractivity contribution in [3.05, 3.63) is 27.1 Å². The van der Waals surface area contributed by atoms with Gasteiger partial charge in [0.15, 0.2) is 4.34 Å². The van der Waals surface area contributed by atoms with E-state index < -0.39 is 0 Å². The van der Waals surface area contributed by atoms with Gasteiger partial charge in [-0.15, -0.1) is 10.2 Å². The first kappa shape index (κ1) is 14.8. The summed E-state index contributed by atoms with van der Waals surface area (Å²) in [4.78, 5) is 11.8. The summed E-state index contributed by atoms with van der Waals surface area (Å²) in [6.07, 6.45) is 0. The molecule has 0 unspecified atom stereocenters. The van der Waals surface area contributed by atoms with Gasteiger partial charge in [-0.2, -0.15) is 0 Å². The fraction of sp³-hybridized carbons (Fsp3) is 0.100. The van der Waals surface area contributed by atoms with E-state index in [2.05, 4.69) is 47.4 Å². The number of benzene rings is 1. The molecule has 19 heavy (non-hydrogen) atoms. The number of aromatic nitrogens is 2. The minimum atomic E-state index is -0.109. The van der Waals surface area contributed by atoms with Gasteiger partial charge in [-0.05, 0) is 34.1 Å². The molecule has 1 heterocycles. The van der Waals surface area contributed by atoms with Gasteiger partial charge in [-0.25, -0.2) is 0 Å². The fourth-order valence-electron chi connectivity index (χ4n) is 1.18. The molecule has 1 aromatic heterocycles. The van der Waals surface area contributed by atoms with Gasteiger partial charge in [0.1, 0.15) is 0 Å². The van der Waals surface area contributed by atoms with E-state index in [-0.39, 0.29) is 11.7 Å². The van der Waals surface area contributed by atoms with E-state index in [0.29, 0.717) is 9.47 Å². The van der Waals surface area contributed by atoms with Gasteiger partial charge in [0.05, 0.1) is 11.4 Å². The van der Waals surface area contributed by atoms with Crippen molar-refractivity contribution in [2.75, 3.05) is 16.8 Å². The van der Waals surface area contributed by atoms with Crippen LogP contribution < -0.4 is 11.1 Å². The van der Waals surface area contributed by atoms with Crippen molar-refractivity contribution in [2.45, 2.75) is 4.34 Å². The molecule has 0 aliphatic rings. The van der Waals surface area contributed by atoms with E-state index in [0.717, 1.165) is 14.6 Å². The summed E-state index contributed by atoms with van der Waals surface area (Å²) in [6, 6.07) is 5.55. The highest BCUT2D eigenvalue weighted by atomic mass is 79.9. The van der Waals surface area contributed by atoms with Gasteiger partial charge >= 0.3 is 0 Å². The van der Waals surface area contributed by atoms with Gasteiger partial charge in [-0.1, -0.05) is 39.0 Å². The fourth-order valence-corrected chi connectivity index (χ4v) is 3.77. The quantitative estimate of drug-likeness (QED) is 0.736. The summed E-state index contributed by atoms with van der Waals surface area (Å²) in [7, 11) is 0. The summed E-state index contributed by atoms with van der Waals surface area (Å²) in [5, 5.41) is 10.7.